The van der Waals surface area contributed by atoms with Crippen molar-refractivity contribution in [1.82, 2.24) is 10.2 Å². The highest BCUT2D eigenvalue weighted by Gasteiger charge is 1.98. The van der Waals surface area contributed by atoms with E-state index < -0.39 is 0 Å². The molecule has 1 aromatic heterocycles. The number of hydrogen-bond acceptors (Lipinski definition) is 3. The molecule has 4 heteroatoms. The molecule has 0 aromatic carbocycles. The van der Waals surface area contributed by atoms with Gasteiger partial charge in [0.15, 0.2) is 5.82 Å². The van der Waals surface area contributed by atoms with Crippen LogP contribution >= 0.6 is 0 Å². The first-order valence-electron chi connectivity index (χ1n) is 3.22. The maximum Gasteiger partial charge on any atom is 0.215 e. The van der Waals surface area contributed by atoms with Gasteiger partial charge in [-0.3, -0.25) is 4.79 Å². The van der Waals surface area contributed by atoms with Crippen LogP contribution < -0.4 is 4.90 Å². The Bertz CT molecular complexity index is 244. The van der Waals surface area contributed by atoms with Crippen molar-refractivity contribution < 1.29 is 4.79 Å². The van der Waals surface area contributed by atoms with E-state index in [2.05, 4.69) is 10.2 Å². The lowest BCUT2D eigenvalue weighted by Crippen LogP contribution is -2.15. The molecule has 0 saturated carbocycles. The Kier molecular flexibility index (Phi) is 2.15. The number of carbonyl (C=O) groups is 1. The molecule has 0 saturated heterocycles. The van der Waals surface area contributed by atoms with Gasteiger partial charge in [-0.2, -0.15) is 5.10 Å². The Morgan fingerprint density at radius 2 is 2.18 bits per heavy atom. The SMILES string of the molecule is Cc1ccc(N(C)C=O)nn1. The highest BCUT2D eigenvalue weighted by molar-refractivity contribution is 5.71. The average molecular weight is 151 g/mol. The van der Waals surface area contributed by atoms with E-state index in [-0.39, 0.29) is 0 Å². The van der Waals surface area contributed by atoms with Crippen molar-refractivity contribution in [3.05, 3.63) is 17.8 Å². The van der Waals surface area contributed by atoms with Crippen LogP contribution in [0, 0.1) is 6.92 Å². The van der Waals surface area contributed by atoms with Crippen molar-refractivity contribution >= 4 is 12.2 Å². The largest absolute Gasteiger partial charge is 0.301 e. The van der Waals surface area contributed by atoms with Gasteiger partial charge in [0.05, 0.1) is 5.69 Å². The molecule has 0 atom stereocenters. The zero-order chi connectivity index (χ0) is 8.27. The van der Waals surface area contributed by atoms with Crippen LogP contribution in [0.3, 0.4) is 0 Å². The van der Waals surface area contributed by atoms with Gasteiger partial charge in [-0.1, -0.05) is 0 Å². The van der Waals surface area contributed by atoms with Gasteiger partial charge < -0.3 is 4.90 Å². The summed E-state index contributed by atoms with van der Waals surface area (Å²) < 4.78 is 0. The van der Waals surface area contributed by atoms with E-state index in [1.54, 1.807) is 13.1 Å². The highest BCUT2D eigenvalue weighted by Crippen LogP contribution is 2.03. The summed E-state index contributed by atoms with van der Waals surface area (Å²) in [4.78, 5) is 11.6. The molecule has 0 radical (unpaired) electrons. The predicted molar refractivity (Wildman–Crippen MR) is 41.2 cm³/mol. The van der Waals surface area contributed by atoms with Crippen molar-refractivity contribution in [3.8, 4) is 0 Å². The zero-order valence-corrected chi connectivity index (χ0v) is 6.48. The number of anilines is 1. The van der Waals surface area contributed by atoms with E-state index in [1.807, 2.05) is 13.0 Å². The van der Waals surface area contributed by atoms with Crippen molar-refractivity contribution in [2.75, 3.05) is 11.9 Å². The molecule has 0 unspecified atom stereocenters. The summed E-state index contributed by atoms with van der Waals surface area (Å²) in [6, 6.07) is 3.55. The van der Waals surface area contributed by atoms with Crippen LogP contribution in [0.15, 0.2) is 12.1 Å². The first-order valence-corrected chi connectivity index (χ1v) is 3.22. The van der Waals surface area contributed by atoms with Crippen LogP contribution in [-0.2, 0) is 4.79 Å². The molecular formula is C7H9N3O. The molecule has 0 aliphatic rings. The molecule has 0 aliphatic heterocycles. The first-order chi connectivity index (χ1) is 5.24. The van der Waals surface area contributed by atoms with Crippen LogP contribution in [0.25, 0.3) is 0 Å². The second kappa shape index (κ2) is 3.09. The van der Waals surface area contributed by atoms with Gasteiger partial charge in [0.2, 0.25) is 6.41 Å². The molecule has 1 aromatic rings. The molecule has 0 fully saturated rings. The van der Waals surface area contributed by atoms with Crippen LogP contribution in [0.1, 0.15) is 5.69 Å². The molecule has 1 amide bonds. The van der Waals surface area contributed by atoms with Gasteiger partial charge in [0.25, 0.3) is 0 Å². The van der Waals surface area contributed by atoms with E-state index in [1.165, 1.54) is 4.90 Å². The number of hydrogen-bond donors (Lipinski definition) is 0. The summed E-state index contributed by atoms with van der Waals surface area (Å²) in [5.41, 5.74) is 0.841. The third-order valence-corrected chi connectivity index (χ3v) is 1.30. The van der Waals surface area contributed by atoms with Crippen LogP contribution in [-0.4, -0.2) is 23.7 Å². The first kappa shape index (κ1) is 7.65. The topological polar surface area (TPSA) is 46.1 Å². The molecule has 11 heavy (non-hydrogen) atoms. The Labute approximate surface area is 64.9 Å². The molecule has 0 aliphatic carbocycles. The number of carbonyl (C=O) groups excluding carboxylic acids is 1. The van der Waals surface area contributed by atoms with Gasteiger partial charge in [0.1, 0.15) is 0 Å². The van der Waals surface area contributed by atoms with Crippen LogP contribution in [0.5, 0.6) is 0 Å². The van der Waals surface area contributed by atoms with Gasteiger partial charge in [-0.05, 0) is 19.1 Å². The third kappa shape index (κ3) is 1.73. The maximum atomic E-state index is 10.2. The maximum absolute atomic E-state index is 10.2. The monoisotopic (exact) mass is 151 g/mol. The van der Waals surface area contributed by atoms with Gasteiger partial charge in [-0.25, -0.2) is 0 Å². The lowest BCUT2D eigenvalue weighted by molar-refractivity contribution is -0.107. The molecule has 1 rings (SSSR count). The van der Waals surface area contributed by atoms with Crippen LogP contribution in [0.2, 0.25) is 0 Å². The number of aryl methyl sites for hydroxylation is 1. The standard InChI is InChI=1S/C7H9N3O/c1-6-3-4-7(9-8-6)10(2)5-11/h3-5H,1-2H3. The van der Waals surface area contributed by atoms with Crippen LogP contribution in [0.4, 0.5) is 5.82 Å². The van der Waals surface area contributed by atoms with Crippen molar-refractivity contribution in [1.29, 1.82) is 0 Å². The van der Waals surface area contributed by atoms with E-state index in [4.69, 9.17) is 0 Å². The summed E-state index contributed by atoms with van der Waals surface area (Å²) in [7, 11) is 1.63. The van der Waals surface area contributed by atoms with Crippen molar-refractivity contribution in [2.24, 2.45) is 0 Å². The average Bonchev–Trinajstić information content (AvgIpc) is 2.05. The molecule has 0 spiro atoms. The number of amides is 1. The van der Waals surface area contributed by atoms with Gasteiger partial charge in [0, 0.05) is 7.05 Å². The summed E-state index contributed by atoms with van der Waals surface area (Å²) in [6.45, 7) is 1.84. The number of rotatable bonds is 2. The molecule has 1 heterocycles. The summed E-state index contributed by atoms with van der Waals surface area (Å²) in [5.74, 6) is 0.561. The normalized spacial score (nSPS) is 9.27. The minimum atomic E-state index is 0.561. The lowest BCUT2D eigenvalue weighted by atomic mass is 10.4. The Balaban J connectivity index is 2.89. The molecule has 58 valence electrons. The smallest absolute Gasteiger partial charge is 0.215 e. The van der Waals surface area contributed by atoms with E-state index in [9.17, 15) is 4.79 Å². The van der Waals surface area contributed by atoms with Crippen molar-refractivity contribution in [2.45, 2.75) is 6.92 Å². The second-order valence-electron chi connectivity index (χ2n) is 2.25. The quantitative estimate of drug-likeness (QED) is 0.574. The fourth-order valence-corrected chi connectivity index (χ4v) is 0.634. The van der Waals surface area contributed by atoms with E-state index in [0.717, 1.165) is 5.69 Å². The van der Waals surface area contributed by atoms with Crippen molar-refractivity contribution in [3.63, 3.8) is 0 Å². The molecule has 0 N–H and O–H groups in total. The van der Waals surface area contributed by atoms with Gasteiger partial charge >= 0.3 is 0 Å². The van der Waals surface area contributed by atoms with E-state index in [0.29, 0.717) is 12.2 Å². The molecule has 4 nitrogen and oxygen atoms in total. The Morgan fingerprint density at radius 3 is 2.64 bits per heavy atom. The third-order valence-electron chi connectivity index (χ3n) is 1.30. The Hall–Kier alpha value is -1.45. The summed E-state index contributed by atoms with van der Waals surface area (Å²) >= 11 is 0. The summed E-state index contributed by atoms with van der Waals surface area (Å²) in [6.07, 6.45) is 0.694. The minimum Gasteiger partial charge on any atom is -0.301 e. The fourth-order valence-electron chi connectivity index (χ4n) is 0.634. The fraction of sp³-hybridized carbons (Fsp3) is 0.286. The second-order valence-corrected chi connectivity index (χ2v) is 2.25. The van der Waals surface area contributed by atoms with Gasteiger partial charge in [-0.15, -0.1) is 5.10 Å². The minimum absolute atomic E-state index is 0.561. The summed E-state index contributed by atoms with van der Waals surface area (Å²) in [5, 5.41) is 7.59. The zero-order valence-electron chi connectivity index (χ0n) is 6.48. The number of nitrogens with zero attached hydrogens (tertiary/aromatic N) is 3. The highest BCUT2D eigenvalue weighted by atomic mass is 16.1. The molecule has 0 bridgehead atoms. The Morgan fingerprint density at radius 1 is 1.45 bits per heavy atom. The number of aromatic nitrogens is 2. The molecular weight excluding hydrogens is 142 g/mol. The predicted octanol–water partition coefficient (Wildman–Crippen LogP) is 0.378. The lowest BCUT2D eigenvalue weighted by Gasteiger charge is -2.06. The van der Waals surface area contributed by atoms with E-state index >= 15 is 0 Å².